The number of hydrogen-bond donors (Lipinski definition) is 2. The number of nitrogens with one attached hydrogen (secondary N) is 2. The van der Waals surface area contributed by atoms with E-state index in [2.05, 4.69) is 20.0 Å². The van der Waals surface area contributed by atoms with Gasteiger partial charge in [0, 0.05) is 18.0 Å². The molecule has 1 aliphatic rings. The summed E-state index contributed by atoms with van der Waals surface area (Å²) in [5.41, 5.74) is 1.40. The van der Waals surface area contributed by atoms with Crippen LogP contribution >= 0.6 is 11.3 Å². The summed E-state index contributed by atoms with van der Waals surface area (Å²) in [6, 6.07) is 0. The Balaban J connectivity index is 1.67. The van der Waals surface area contributed by atoms with Gasteiger partial charge in [0.05, 0.1) is 11.6 Å². The quantitative estimate of drug-likeness (QED) is 0.787. The average Bonchev–Trinajstić information content (AvgIpc) is 2.97. The van der Waals surface area contributed by atoms with E-state index in [1.54, 1.807) is 17.7 Å². The van der Waals surface area contributed by atoms with Crippen molar-refractivity contribution in [3.05, 3.63) is 16.8 Å². The van der Waals surface area contributed by atoms with E-state index in [4.69, 9.17) is 0 Å². The molecule has 0 atom stereocenters. The number of nitrogens with zero attached hydrogens (tertiary/aromatic N) is 2. The molecule has 0 amide bonds. The van der Waals surface area contributed by atoms with Crippen LogP contribution in [0.2, 0.25) is 0 Å². The third-order valence-electron chi connectivity index (χ3n) is 3.51. The van der Waals surface area contributed by atoms with Gasteiger partial charge in [-0.25, -0.2) is 23.1 Å². The summed E-state index contributed by atoms with van der Waals surface area (Å²) >= 11 is 1.76. The number of sulfonamides is 1. The van der Waals surface area contributed by atoms with Gasteiger partial charge in [0.1, 0.15) is 17.0 Å². The Labute approximate surface area is 128 Å². The fraction of sp³-hybridized carbons (Fsp3) is 0.538. The molecular formula is C13H18N4O2S2. The van der Waals surface area contributed by atoms with Crippen LogP contribution < -0.4 is 10.0 Å². The molecule has 0 spiro atoms. The third-order valence-corrected chi connectivity index (χ3v) is 5.44. The van der Waals surface area contributed by atoms with Crippen LogP contribution in [0.25, 0.3) is 10.2 Å². The van der Waals surface area contributed by atoms with Crippen LogP contribution in [-0.2, 0) is 22.9 Å². The van der Waals surface area contributed by atoms with Crippen LogP contribution in [0.3, 0.4) is 0 Å². The van der Waals surface area contributed by atoms with Gasteiger partial charge in [0.15, 0.2) is 0 Å². The molecular weight excluding hydrogens is 308 g/mol. The minimum atomic E-state index is -3.10. The molecule has 0 saturated carbocycles. The number of anilines is 1. The summed E-state index contributed by atoms with van der Waals surface area (Å²) in [6.07, 6.45) is 6.93. The average molecular weight is 326 g/mol. The predicted molar refractivity (Wildman–Crippen MR) is 85.4 cm³/mol. The molecule has 1 aliphatic carbocycles. The first-order valence-corrected chi connectivity index (χ1v) is 9.69. The number of fused-ring (bicyclic) bond motifs is 3. The highest BCUT2D eigenvalue weighted by molar-refractivity contribution is 7.88. The number of aromatic nitrogens is 2. The molecule has 0 saturated heterocycles. The van der Waals surface area contributed by atoms with Crippen molar-refractivity contribution in [1.29, 1.82) is 0 Å². The molecule has 2 aromatic rings. The van der Waals surface area contributed by atoms with Gasteiger partial charge in [-0.1, -0.05) is 0 Å². The van der Waals surface area contributed by atoms with Crippen molar-refractivity contribution >= 4 is 37.4 Å². The van der Waals surface area contributed by atoms with Gasteiger partial charge in [-0.3, -0.25) is 0 Å². The van der Waals surface area contributed by atoms with E-state index in [1.807, 2.05) is 0 Å². The van der Waals surface area contributed by atoms with Crippen molar-refractivity contribution in [1.82, 2.24) is 14.7 Å². The lowest BCUT2D eigenvalue weighted by Gasteiger charge is -2.07. The fourth-order valence-corrected chi connectivity index (χ4v) is 4.36. The highest BCUT2D eigenvalue weighted by Crippen LogP contribution is 2.38. The molecule has 0 aromatic carbocycles. The van der Waals surface area contributed by atoms with Crippen molar-refractivity contribution < 1.29 is 8.42 Å². The Bertz CT molecular complexity index is 755. The van der Waals surface area contributed by atoms with E-state index in [9.17, 15) is 8.42 Å². The fourth-order valence-electron chi connectivity index (χ4n) is 2.62. The van der Waals surface area contributed by atoms with Gasteiger partial charge in [-0.05, 0) is 31.2 Å². The van der Waals surface area contributed by atoms with Gasteiger partial charge >= 0.3 is 0 Å². The van der Waals surface area contributed by atoms with Crippen LogP contribution in [0.5, 0.6) is 0 Å². The summed E-state index contributed by atoms with van der Waals surface area (Å²) in [5, 5.41) is 4.47. The van der Waals surface area contributed by atoms with Gasteiger partial charge in [0.2, 0.25) is 10.0 Å². The van der Waals surface area contributed by atoms with Crippen molar-refractivity contribution in [2.45, 2.75) is 25.7 Å². The van der Waals surface area contributed by atoms with Crippen molar-refractivity contribution in [2.75, 3.05) is 24.7 Å². The first-order chi connectivity index (χ1) is 10.0. The second-order valence-corrected chi connectivity index (χ2v) is 8.12. The maximum atomic E-state index is 11.0. The van der Waals surface area contributed by atoms with Gasteiger partial charge in [-0.2, -0.15) is 0 Å². The van der Waals surface area contributed by atoms with Gasteiger partial charge in [0.25, 0.3) is 0 Å². The van der Waals surface area contributed by atoms with Crippen LogP contribution in [-0.4, -0.2) is 37.7 Å². The molecule has 0 unspecified atom stereocenters. The molecule has 114 valence electrons. The smallest absolute Gasteiger partial charge is 0.208 e. The lowest BCUT2D eigenvalue weighted by Crippen LogP contribution is -2.24. The summed E-state index contributed by atoms with van der Waals surface area (Å²) in [4.78, 5) is 11.2. The van der Waals surface area contributed by atoms with E-state index in [0.717, 1.165) is 28.9 Å². The summed E-state index contributed by atoms with van der Waals surface area (Å²) in [6.45, 7) is 1.11. The molecule has 8 heteroatoms. The Hall–Kier alpha value is -1.25. The number of thiophene rings is 1. The first kappa shape index (κ1) is 14.7. The number of hydrogen-bond acceptors (Lipinski definition) is 6. The molecule has 2 aromatic heterocycles. The second-order valence-electron chi connectivity index (χ2n) is 5.21. The summed E-state index contributed by atoms with van der Waals surface area (Å²) in [5.74, 6) is 0.874. The highest BCUT2D eigenvalue weighted by Gasteiger charge is 2.20. The summed E-state index contributed by atoms with van der Waals surface area (Å²) < 4.78 is 24.4. The second kappa shape index (κ2) is 5.86. The monoisotopic (exact) mass is 326 g/mol. The van der Waals surface area contributed by atoms with Crippen molar-refractivity contribution in [3.8, 4) is 0 Å². The highest BCUT2D eigenvalue weighted by atomic mass is 32.2. The molecule has 3 rings (SSSR count). The minimum Gasteiger partial charge on any atom is -0.369 e. The van der Waals surface area contributed by atoms with Gasteiger partial charge < -0.3 is 5.32 Å². The Kier molecular flexibility index (Phi) is 4.10. The van der Waals surface area contributed by atoms with E-state index in [0.29, 0.717) is 19.5 Å². The lowest BCUT2D eigenvalue weighted by atomic mass is 10.2. The van der Waals surface area contributed by atoms with E-state index in [-0.39, 0.29) is 0 Å². The maximum Gasteiger partial charge on any atom is 0.208 e. The molecule has 2 heterocycles. The van der Waals surface area contributed by atoms with Crippen molar-refractivity contribution in [2.24, 2.45) is 0 Å². The number of rotatable bonds is 6. The molecule has 0 bridgehead atoms. The molecule has 0 radical (unpaired) electrons. The SMILES string of the molecule is CS(=O)(=O)NCCCNc1ncnc2sc3c(c12)CCC3. The van der Waals surface area contributed by atoms with Crippen molar-refractivity contribution in [3.63, 3.8) is 0 Å². The topological polar surface area (TPSA) is 84.0 Å². The largest absolute Gasteiger partial charge is 0.369 e. The minimum absolute atomic E-state index is 0.432. The predicted octanol–water partition coefficient (Wildman–Crippen LogP) is 1.53. The van der Waals surface area contributed by atoms with E-state index in [1.165, 1.54) is 23.1 Å². The molecule has 6 nitrogen and oxygen atoms in total. The lowest BCUT2D eigenvalue weighted by molar-refractivity contribution is 0.586. The standard InChI is InChI=1S/C13H18N4O2S2/c1-21(18,19)17-7-3-6-14-12-11-9-4-2-5-10(9)20-13(11)16-8-15-12/h8,17H,2-7H2,1H3,(H,14,15,16). The molecule has 0 fully saturated rings. The number of aryl methyl sites for hydroxylation is 2. The first-order valence-electron chi connectivity index (χ1n) is 6.98. The van der Waals surface area contributed by atoms with E-state index < -0.39 is 10.0 Å². The molecule has 0 aliphatic heterocycles. The third kappa shape index (κ3) is 3.33. The Morgan fingerprint density at radius 2 is 2.14 bits per heavy atom. The maximum absolute atomic E-state index is 11.0. The molecule has 2 N–H and O–H groups in total. The Morgan fingerprint density at radius 1 is 1.29 bits per heavy atom. The zero-order valence-electron chi connectivity index (χ0n) is 11.8. The molecule has 21 heavy (non-hydrogen) atoms. The van der Waals surface area contributed by atoms with Crippen LogP contribution in [0, 0.1) is 0 Å². The van der Waals surface area contributed by atoms with Crippen LogP contribution in [0.15, 0.2) is 6.33 Å². The normalized spacial score (nSPS) is 14.5. The van der Waals surface area contributed by atoms with Gasteiger partial charge in [-0.15, -0.1) is 11.3 Å². The summed E-state index contributed by atoms with van der Waals surface area (Å²) in [7, 11) is -3.10. The van der Waals surface area contributed by atoms with Crippen LogP contribution in [0.4, 0.5) is 5.82 Å². The van der Waals surface area contributed by atoms with E-state index >= 15 is 0 Å². The van der Waals surface area contributed by atoms with Crippen LogP contribution in [0.1, 0.15) is 23.3 Å². The zero-order valence-corrected chi connectivity index (χ0v) is 13.5. The zero-order chi connectivity index (χ0) is 14.9. The Morgan fingerprint density at radius 3 is 2.95 bits per heavy atom.